The summed E-state index contributed by atoms with van der Waals surface area (Å²) in [4.78, 5) is 8.80. The average Bonchev–Trinajstić information content (AvgIpc) is 2.84. The first-order chi connectivity index (χ1) is 10.1. The van der Waals surface area contributed by atoms with E-state index in [9.17, 15) is 4.39 Å². The van der Waals surface area contributed by atoms with Gasteiger partial charge in [-0.15, -0.1) is 0 Å². The molecule has 21 heavy (non-hydrogen) atoms. The Morgan fingerprint density at radius 3 is 2.76 bits per heavy atom. The average molecular weight is 292 g/mol. The maximum absolute atomic E-state index is 13.6. The molecule has 0 aliphatic carbocycles. The summed E-state index contributed by atoms with van der Waals surface area (Å²) in [6.45, 7) is 10.7. The van der Waals surface area contributed by atoms with Crippen molar-refractivity contribution < 1.29 is 4.39 Å². The molecule has 2 N–H and O–H groups in total. The molecule has 0 amide bonds. The van der Waals surface area contributed by atoms with E-state index in [4.69, 9.17) is 5.73 Å². The molecule has 2 rings (SSSR count). The van der Waals surface area contributed by atoms with E-state index in [0.29, 0.717) is 12.5 Å². The minimum atomic E-state index is -0.204. The maximum Gasteiger partial charge on any atom is 0.191 e. The lowest BCUT2D eigenvalue weighted by atomic mass is 10.0. The molecule has 1 aliphatic rings. The first-order valence-corrected chi connectivity index (χ1v) is 7.61. The van der Waals surface area contributed by atoms with Crippen LogP contribution in [0.25, 0.3) is 0 Å². The van der Waals surface area contributed by atoms with Crippen molar-refractivity contribution in [1.82, 2.24) is 9.80 Å². The van der Waals surface area contributed by atoms with E-state index in [0.717, 1.165) is 37.3 Å². The fourth-order valence-corrected chi connectivity index (χ4v) is 2.82. The molecule has 0 aromatic heterocycles. The summed E-state index contributed by atoms with van der Waals surface area (Å²) < 4.78 is 13.6. The van der Waals surface area contributed by atoms with Gasteiger partial charge in [0.05, 0.1) is 12.6 Å². The summed E-state index contributed by atoms with van der Waals surface area (Å²) in [5, 5.41) is 0. The molecule has 4 nitrogen and oxygen atoms in total. The highest BCUT2D eigenvalue weighted by Gasteiger charge is 2.28. The first-order valence-electron chi connectivity index (χ1n) is 7.61. The van der Waals surface area contributed by atoms with Gasteiger partial charge in [-0.05, 0) is 43.3 Å². The zero-order chi connectivity index (χ0) is 15.4. The van der Waals surface area contributed by atoms with Crippen LogP contribution in [-0.4, -0.2) is 48.5 Å². The number of rotatable bonds is 6. The molecule has 0 spiro atoms. The summed E-state index contributed by atoms with van der Waals surface area (Å²) >= 11 is 0. The molecule has 116 valence electrons. The van der Waals surface area contributed by atoms with Gasteiger partial charge in [0.15, 0.2) is 5.96 Å². The predicted octanol–water partition coefficient (Wildman–Crippen LogP) is 2.15. The van der Waals surface area contributed by atoms with Crippen LogP contribution in [0.15, 0.2) is 23.2 Å². The predicted molar refractivity (Wildman–Crippen MR) is 84.9 cm³/mol. The van der Waals surface area contributed by atoms with E-state index >= 15 is 0 Å². The maximum atomic E-state index is 13.6. The Balaban J connectivity index is 2.14. The van der Waals surface area contributed by atoms with Crippen LogP contribution in [0.5, 0.6) is 0 Å². The summed E-state index contributed by atoms with van der Waals surface area (Å²) in [5.74, 6) is 0.362. The minimum Gasteiger partial charge on any atom is -0.370 e. The van der Waals surface area contributed by atoms with E-state index in [2.05, 4.69) is 28.6 Å². The second kappa shape index (κ2) is 6.89. The molecule has 0 bridgehead atoms. The number of nitrogens with two attached hydrogens (primary N) is 1. The third-order valence-corrected chi connectivity index (χ3v) is 4.25. The van der Waals surface area contributed by atoms with Crippen molar-refractivity contribution in [2.45, 2.75) is 26.8 Å². The fourth-order valence-electron chi connectivity index (χ4n) is 2.82. The van der Waals surface area contributed by atoms with Crippen LogP contribution in [0.1, 0.15) is 31.0 Å². The molecule has 0 fully saturated rings. The van der Waals surface area contributed by atoms with Crippen molar-refractivity contribution in [3.8, 4) is 0 Å². The molecule has 1 aromatic rings. The van der Waals surface area contributed by atoms with Crippen molar-refractivity contribution in [2.24, 2.45) is 10.7 Å². The van der Waals surface area contributed by atoms with Gasteiger partial charge in [0, 0.05) is 13.1 Å². The smallest absolute Gasteiger partial charge is 0.191 e. The second-order valence-electron chi connectivity index (χ2n) is 5.44. The highest BCUT2D eigenvalue weighted by atomic mass is 19.1. The molecule has 0 saturated carbocycles. The van der Waals surface area contributed by atoms with Gasteiger partial charge < -0.3 is 15.5 Å². The van der Waals surface area contributed by atoms with Crippen molar-refractivity contribution in [2.75, 3.05) is 32.7 Å². The van der Waals surface area contributed by atoms with Crippen LogP contribution in [0.3, 0.4) is 0 Å². The molecule has 1 unspecified atom stereocenters. The Kier molecular flexibility index (Phi) is 5.17. The highest BCUT2D eigenvalue weighted by molar-refractivity contribution is 5.80. The van der Waals surface area contributed by atoms with Crippen LogP contribution in [0.2, 0.25) is 0 Å². The number of benzene rings is 1. The van der Waals surface area contributed by atoms with E-state index in [-0.39, 0.29) is 11.9 Å². The zero-order valence-electron chi connectivity index (χ0n) is 13.1. The number of guanidine groups is 1. The van der Waals surface area contributed by atoms with Gasteiger partial charge in [-0.3, -0.25) is 4.99 Å². The quantitative estimate of drug-likeness (QED) is 0.874. The molecule has 1 heterocycles. The number of likely N-dealkylation sites (N-methyl/N-ethyl adjacent to an activating group) is 1. The van der Waals surface area contributed by atoms with E-state index in [1.54, 1.807) is 6.07 Å². The SMILES string of the molecule is CCN(CC)CCN1C(N)=NCC1c1cc(F)ccc1C. The number of hydrogen-bond donors (Lipinski definition) is 1. The summed E-state index contributed by atoms with van der Waals surface area (Å²) in [7, 11) is 0. The number of nitrogens with zero attached hydrogens (tertiary/aromatic N) is 3. The lowest BCUT2D eigenvalue weighted by molar-refractivity contribution is 0.248. The van der Waals surface area contributed by atoms with Gasteiger partial charge in [-0.25, -0.2) is 4.39 Å². The van der Waals surface area contributed by atoms with Crippen molar-refractivity contribution in [1.29, 1.82) is 0 Å². The normalized spacial score (nSPS) is 18.4. The Labute approximate surface area is 126 Å². The van der Waals surface area contributed by atoms with Gasteiger partial charge in [0.25, 0.3) is 0 Å². The van der Waals surface area contributed by atoms with Crippen LogP contribution >= 0.6 is 0 Å². The van der Waals surface area contributed by atoms with Gasteiger partial charge in [0.2, 0.25) is 0 Å². The summed E-state index contributed by atoms with van der Waals surface area (Å²) in [6, 6.07) is 4.98. The number of halogens is 1. The standard InChI is InChI=1S/C16H25FN4/c1-4-20(5-2)8-9-21-15(11-19-16(21)18)14-10-13(17)7-6-12(14)3/h6-7,10,15H,4-5,8-9,11H2,1-3H3,(H2,18,19). The van der Waals surface area contributed by atoms with Gasteiger partial charge in [0.1, 0.15) is 5.82 Å². The minimum absolute atomic E-state index is 0.0521. The lowest BCUT2D eigenvalue weighted by Crippen LogP contribution is -2.41. The molecular formula is C16H25FN4. The topological polar surface area (TPSA) is 44.9 Å². The first kappa shape index (κ1) is 15.8. The number of aryl methyl sites for hydroxylation is 1. The Hall–Kier alpha value is -1.62. The molecule has 0 radical (unpaired) electrons. The van der Waals surface area contributed by atoms with Crippen molar-refractivity contribution in [3.05, 3.63) is 35.1 Å². The number of aliphatic imine (C=N–C) groups is 1. The van der Waals surface area contributed by atoms with Crippen molar-refractivity contribution >= 4 is 5.96 Å². The molecule has 1 atom stereocenters. The molecule has 5 heteroatoms. The van der Waals surface area contributed by atoms with Gasteiger partial charge in [-0.2, -0.15) is 0 Å². The third kappa shape index (κ3) is 3.53. The summed E-state index contributed by atoms with van der Waals surface area (Å²) in [5.41, 5.74) is 8.10. The monoisotopic (exact) mass is 292 g/mol. The molecule has 0 saturated heterocycles. The summed E-state index contributed by atoms with van der Waals surface area (Å²) in [6.07, 6.45) is 0. The molecular weight excluding hydrogens is 267 g/mol. The Morgan fingerprint density at radius 2 is 2.10 bits per heavy atom. The highest BCUT2D eigenvalue weighted by Crippen LogP contribution is 2.28. The van der Waals surface area contributed by atoms with Crippen molar-refractivity contribution in [3.63, 3.8) is 0 Å². The third-order valence-electron chi connectivity index (χ3n) is 4.25. The van der Waals surface area contributed by atoms with Gasteiger partial charge >= 0.3 is 0 Å². The van der Waals surface area contributed by atoms with Gasteiger partial charge in [-0.1, -0.05) is 19.9 Å². The van der Waals surface area contributed by atoms with E-state index in [1.807, 2.05) is 13.0 Å². The van der Waals surface area contributed by atoms with Crippen LogP contribution in [0, 0.1) is 12.7 Å². The Morgan fingerprint density at radius 1 is 1.38 bits per heavy atom. The largest absolute Gasteiger partial charge is 0.370 e. The zero-order valence-corrected chi connectivity index (χ0v) is 13.1. The Bertz CT molecular complexity index is 511. The van der Waals surface area contributed by atoms with E-state index < -0.39 is 0 Å². The number of hydrogen-bond acceptors (Lipinski definition) is 4. The lowest BCUT2D eigenvalue weighted by Gasteiger charge is -2.30. The fraction of sp³-hybridized carbons (Fsp3) is 0.562. The molecule has 1 aromatic carbocycles. The second-order valence-corrected chi connectivity index (χ2v) is 5.44. The van der Waals surface area contributed by atoms with Crippen LogP contribution in [0.4, 0.5) is 4.39 Å². The van der Waals surface area contributed by atoms with Crippen LogP contribution in [-0.2, 0) is 0 Å². The van der Waals surface area contributed by atoms with Crippen LogP contribution < -0.4 is 5.73 Å². The molecule has 1 aliphatic heterocycles. The van der Waals surface area contributed by atoms with E-state index in [1.165, 1.54) is 6.07 Å².